The maximum absolute atomic E-state index is 12.4. The van der Waals surface area contributed by atoms with Gasteiger partial charge in [0.1, 0.15) is 5.75 Å². The van der Waals surface area contributed by atoms with Crippen molar-refractivity contribution >= 4 is 27.5 Å². The second kappa shape index (κ2) is 9.91. The summed E-state index contributed by atoms with van der Waals surface area (Å²) in [5, 5.41) is 3.43. The quantitative estimate of drug-likeness (QED) is 0.626. The molecule has 1 N–H and O–H groups in total. The SMILES string of the molecule is Cc1cc(Cl)ccc1OCCCC(=O)NCc1ccccc1S(=O)(=O)N(C)C. The van der Waals surface area contributed by atoms with Crippen molar-refractivity contribution in [2.75, 3.05) is 20.7 Å². The number of halogens is 1. The Labute approximate surface area is 171 Å². The van der Waals surface area contributed by atoms with Crippen LogP contribution in [0.5, 0.6) is 5.75 Å². The average molecular weight is 425 g/mol. The number of carbonyl (C=O) groups is 1. The van der Waals surface area contributed by atoms with E-state index in [2.05, 4.69) is 5.32 Å². The highest BCUT2D eigenvalue weighted by Crippen LogP contribution is 2.22. The standard InChI is InChI=1S/C20H25ClN2O4S/c1-15-13-17(21)10-11-18(15)27-12-6-9-20(24)22-14-16-7-4-5-8-19(16)28(25,26)23(2)3/h4-5,7-8,10-11,13H,6,9,12,14H2,1-3H3,(H,22,24). The van der Waals surface area contributed by atoms with E-state index in [1.165, 1.54) is 14.1 Å². The van der Waals surface area contributed by atoms with Gasteiger partial charge in [0.25, 0.3) is 0 Å². The van der Waals surface area contributed by atoms with Gasteiger partial charge in [0, 0.05) is 32.1 Å². The summed E-state index contributed by atoms with van der Waals surface area (Å²) in [6, 6.07) is 12.0. The second-order valence-electron chi connectivity index (χ2n) is 6.53. The second-order valence-corrected chi connectivity index (χ2v) is 9.09. The summed E-state index contributed by atoms with van der Waals surface area (Å²) < 4.78 is 31.6. The first-order valence-corrected chi connectivity index (χ1v) is 10.7. The van der Waals surface area contributed by atoms with Crippen molar-refractivity contribution in [3.8, 4) is 5.75 Å². The van der Waals surface area contributed by atoms with Gasteiger partial charge < -0.3 is 10.1 Å². The van der Waals surface area contributed by atoms with Crippen LogP contribution in [-0.2, 0) is 21.4 Å². The number of hydrogen-bond acceptors (Lipinski definition) is 4. The Bertz CT molecular complexity index is 930. The van der Waals surface area contributed by atoms with Gasteiger partial charge in [0.2, 0.25) is 15.9 Å². The van der Waals surface area contributed by atoms with Gasteiger partial charge in [-0.05, 0) is 48.7 Å². The minimum absolute atomic E-state index is 0.152. The monoisotopic (exact) mass is 424 g/mol. The number of carbonyl (C=O) groups excluding carboxylic acids is 1. The molecule has 0 saturated heterocycles. The predicted octanol–water partition coefficient (Wildman–Crippen LogP) is 3.37. The molecule has 0 aliphatic heterocycles. The molecule has 2 aromatic rings. The number of ether oxygens (including phenoxy) is 1. The van der Waals surface area contributed by atoms with E-state index in [0.29, 0.717) is 23.6 Å². The van der Waals surface area contributed by atoms with Gasteiger partial charge in [-0.15, -0.1) is 0 Å². The molecule has 0 aliphatic rings. The van der Waals surface area contributed by atoms with Crippen molar-refractivity contribution in [3.63, 3.8) is 0 Å². The summed E-state index contributed by atoms with van der Waals surface area (Å²) >= 11 is 5.91. The van der Waals surface area contributed by atoms with Crippen molar-refractivity contribution in [2.24, 2.45) is 0 Å². The van der Waals surface area contributed by atoms with E-state index in [9.17, 15) is 13.2 Å². The third-order valence-corrected chi connectivity index (χ3v) is 6.30. The lowest BCUT2D eigenvalue weighted by atomic mass is 10.2. The first kappa shape index (κ1) is 22.2. The van der Waals surface area contributed by atoms with Crippen LogP contribution in [0.2, 0.25) is 5.02 Å². The normalized spacial score (nSPS) is 11.5. The van der Waals surface area contributed by atoms with Gasteiger partial charge in [-0.2, -0.15) is 0 Å². The molecule has 0 spiro atoms. The highest BCUT2D eigenvalue weighted by Gasteiger charge is 2.20. The van der Waals surface area contributed by atoms with Crippen molar-refractivity contribution in [2.45, 2.75) is 31.2 Å². The summed E-state index contributed by atoms with van der Waals surface area (Å²) in [7, 11) is -0.603. The Hall–Kier alpha value is -2.09. The Morgan fingerprint density at radius 2 is 1.89 bits per heavy atom. The van der Waals surface area contributed by atoms with E-state index >= 15 is 0 Å². The Morgan fingerprint density at radius 3 is 2.57 bits per heavy atom. The van der Waals surface area contributed by atoms with Crippen LogP contribution in [0.15, 0.2) is 47.4 Å². The van der Waals surface area contributed by atoms with Crippen molar-refractivity contribution in [1.82, 2.24) is 9.62 Å². The van der Waals surface area contributed by atoms with E-state index < -0.39 is 10.0 Å². The van der Waals surface area contributed by atoms with Gasteiger partial charge in [0.05, 0.1) is 11.5 Å². The summed E-state index contributed by atoms with van der Waals surface area (Å²) in [6.45, 7) is 2.47. The molecule has 0 saturated carbocycles. The number of hydrogen-bond donors (Lipinski definition) is 1. The molecule has 0 atom stereocenters. The zero-order chi connectivity index (χ0) is 20.7. The largest absolute Gasteiger partial charge is 0.493 e. The number of nitrogens with zero attached hydrogens (tertiary/aromatic N) is 1. The molecule has 0 bridgehead atoms. The van der Waals surface area contributed by atoms with E-state index in [4.69, 9.17) is 16.3 Å². The molecule has 152 valence electrons. The Morgan fingerprint density at radius 1 is 1.18 bits per heavy atom. The molecule has 8 heteroatoms. The topological polar surface area (TPSA) is 75.7 Å². The molecule has 6 nitrogen and oxygen atoms in total. The lowest BCUT2D eigenvalue weighted by Crippen LogP contribution is -2.27. The molecule has 0 aromatic heterocycles. The lowest BCUT2D eigenvalue weighted by molar-refractivity contribution is -0.121. The predicted molar refractivity (Wildman–Crippen MR) is 110 cm³/mol. The minimum Gasteiger partial charge on any atom is -0.493 e. The van der Waals surface area contributed by atoms with Crippen LogP contribution in [0.1, 0.15) is 24.0 Å². The first-order valence-electron chi connectivity index (χ1n) is 8.88. The molecule has 2 rings (SSSR count). The van der Waals surface area contributed by atoms with Gasteiger partial charge in [-0.25, -0.2) is 12.7 Å². The van der Waals surface area contributed by atoms with Crippen LogP contribution in [0.4, 0.5) is 0 Å². The van der Waals surface area contributed by atoms with Gasteiger partial charge in [-0.3, -0.25) is 4.79 Å². The molecule has 0 heterocycles. The Kier molecular flexibility index (Phi) is 7.86. The maximum atomic E-state index is 12.4. The maximum Gasteiger partial charge on any atom is 0.242 e. The van der Waals surface area contributed by atoms with Crippen LogP contribution in [-0.4, -0.2) is 39.3 Å². The molecule has 0 unspecified atom stereocenters. The van der Waals surface area contributed by atoms with E-state index in [0.717, 1.165) is 15.6 Å². The van der Waals surface area contributed by atoms with Crippen molar-refractivity contribution in [1.29, 1.82) is 0 Å². The summed E-state index contributed by atoms with van der Waals surface area (Å²) in [5.41, 5.74) is 1.49. The third-order valence-electron chi connectivity index (χ3n) is 4.15. The minimum atomic E-state index is -3.56. The molecule has 28 heavy (non-hydrogen) atoms. The Balaban J connectivity index is 1.83. The molecular formula is C20H25ClN2O4S. The fraction of sp³-hybridized carbons (Fsp3) is 0.350. The number of benzene rings is 2. The van der Waals surface area contributed by atoms with Crippen LogP contribution in [0.25, 0.3) is 0 Å². The van der Waals surface area contributed by atoms with Gasteiger partial charge >= 0.3 is 0 Å². The van der Waals surface area contributed by atoms with Crippen LogP contribution >= 0.6 is 11.6 Å². The molecule has 0 aliphatic carbocycles. The average Bonchev–Trinajstić information content (AvgIpc) is 2.65. The smallest absolute Gasteiger partial charge is 0.242 e. The summed E-state index contributed by atoms with van der Waals surface area (Å²) in [5.74, 6) is 0.584. The van der Waals surface area contributed by atoms with E-state index in [-0.39, 0.29) is 23.8 Å². The van der Waals surface area contributed by atoms with Crippen molar-refractivity contribution < 1.29 is 17.9 Å². The molecular weight excluding hydrogens is 400 g/mol. The van der Waals surface area contributed by atoms with Crippen LogP contribution in [0, 0.1) is 6.92 Å². The fourth-order valence-corrected chi connectivity index (χ4v) is 3.91. The molecule has 0 fully saturated rings. The number of amides is 1. The first-order chi connectivity index (χ1) is 13.2. The highest BCUT2D eigenvalue weighted by atomic mass is 35.5. The number of rotatable bonds is 9. The number of nitrogens with one attached hydrogen (secondary N) is 1. The van der Waals surface area contributed by atoms with Crippen LogP contribution in [0.3, 0.4) is 0 Å². The zero-order valence-electron chi connectivity index (χ0n) is 16.2. The summed E-state index contributed by atoms with van der Waals surface area (Å²) in [6.07, 6.45) is 0.834. The lowest BCUT2D eigenvalue weighted by Gasteiger charge is -2.15. The van der Waals surface area contributed by atoms with Gasteiger partial charge in [-0.1, -0.05) is 29.8 Å². The van der Waals surface area contributed by atoms with Crippen LogP contribution < -0.4 is 10.1 Å². The summed E-state index contributed by atoms with van der Waals surface area (Å²) in [4.78, 5) is 12.3. The molecule has 0 radical (unpaired) electrons. The third kappa shape index (κ3) is 5.95. The zero-order valence-corrected chi connectivity index (χ0v) is 17.8. The number of sulfonamides is 1. The van der Waals surface area contributed by atoms with E-state index in [1.54, 1.807) is 36.4 Å². The van der Waals surface area contributed by atoms with Gasteiger partial charge in [0.15, 0.2) is 0 Å². The highest BCUT2D eigenvalue weighted by molar-refractivity contribution is 7.89. The van der Waals surface area contributed by atoms with E-state index in [1.807, 2.05) is 13.0 Å². The fourth-order valence-electron chi connectivity index (χ4n) is 2.57. The molecule has 2 aromatic carbocycles. The molecule has 1 amide bonds. The number of aryl methyl sites for hydroxylation is 1. The van der Waals surface area contributed by atoms with Crippen molar-refractivity contribution in [3.05, 3.63) is 58.6 Å².